The van der Waals surface area contributed by atoms with Gasteiger partial charge in [-0.25, -0.2) is 4.79 Å². The predicted octanol–water partition coefficient (Wildman–Crippen LogP) is 2.55. The highest BCUT2D eigenvalue weighted by molar-refractivity contribution is 5.84. The number of benzene rings is 1. The number of nitrogens with zero attached hydrogens (tertiary/aromatic N) is 2. The fourth-order valence-corrected chi connectivity index (χ4v) is 3.10. The Morgan fingerprint density at radius 3 is 2.48 bits per heavy atom. The number of aliphatic hydroxyl groups excluding tert-OH is 1. The lowest BCUT2D eigenvalue weighted by atomic mass is 9.97. The lowest BCUT2D eigenvalue weighted by Crippen LogP contribution is -2.63. The van der Waals surface area contributed by atoms with Gasteiger partial charge in [-0.15, -0.1) is 0 Å². The number of aliphatic hydroxyl groups is 1. The maximum atomic E-state index is 12.7. The highest BCUT2D eigenvalue weighted by Gasteiger charge is 2.42. The van der Waals surface area contributed by atoms with Crippen molar-refractivity contribution in [1.82, 2.24) is 9.80 Å². The van der Waals surface area contributed by atoms with Crippen molar-refractivity contribution in [2.45, 2.75) is 58.9 Å². The zero-order chi connectivity index (χ0) is 20.4. The molecule has 0 atom stereocenters. The first-order valence-electron chi connectivity index (χ1n) is 9.02. The van der Waals surface area contributed by atoms with Crippen molar-refractivity contribution in [1.29, 1.82) is 0 Å². The van der Waals surface area contributed by atoms with E-state index < -0.39 is 17.2 Å². The number of hydrogen-bond acceptors (Lipinski definition) is 5. The fraction of sp³-hybridized carbons (Fsp3) is 0.600. The maximum Gasteiger partial charge on any atom is 0.411 e. The van der Waals surface area contributed by atoms with Crippen LogP contribution < -0.4 is 4.74 Å². The number of hydrogen-bond donors (Lipinski definition) is 1. The van der Waals surface area contributed by atoms with Crippen molar-refractivity contribution in [2.24, 2.45) is 0 Å². The molecule has 1 aromatic carbocycles. The highest BCUT2D eigenvalue weighted by Crippen LogP contribution is 2.27. The van der Waals surface area contributed by atoms with E-state index in [4.69, 9.17) is 9.47 Å². The Balaban J connectivity index is 2.17. The molecule has 7 heteroatoms. The summed E-state index contributed by atoms with van der Waals surface area (Å²) < 4.78 is 10.6. The number of carbonyl (C=O) groups excluding carboxylic acids is 2. The van der Waals surface area contributed by atoms with Gasteiger partial charge in [0.2, 0.25) is 5.91 Å². The van der Waals surface area contributed by atoms with E-state index in [9.17, 15) is 14.7 Å². The zero-order valence-electron chi connectivity index (χ0n) is 17.0. The first-order valence-corrected chi connectivity index (χ1v) is 9.02. The summed E-state index contributed by atoms with van der Waals surface area (Å²) in [4.78, 5) is 28.4. The van der Waals surface area contributed by atoms with Gasteiger partial charge in [-0.2, -0.15) is 0 Å². The van der Waals surface area contributed by atoms with Gasteiger partial charge in [-0.05, 0) is 57.9 Å². The second-order valence-corrected chi connectivity index (χ2v) is 8.42. The normalized spacial score (nSPS) is 17.1. The van der Waals surface area contributed by atoms with Crippen LogP contribution >= 0.6 is 0 Å². The number of piperazine rings is 1. The summed E-state index contributed by atoms with van der Waals surface area (Å²) >= 11 is 0. The summed E-state index contributed by atoms with van der Waals surface area (Å²) in [5, 5.41) is 9.63. The van der Waals surface area contributed by atoms with E-state index in [-0.39, 0.29) is 19.1 Å². The van der Waals surface area contributed by atoms with Gasteiger partial charge < -0.3 is 19.5 Å². The lowest BCUT2D eigenvalue weighted by Gasteiger charge is -2.46. The van der Waals surface area contributed by atoms with E-state index >= 15 is 0 Å². The fourth-order valence-electron chi connectivity index (χ4n) is 3.10. The van der Waals surface area contributed by atoms with Gasteiger partial charge in [0.15, 0.2) is 0 Å². The molecule has 1 aliphatic heterocycles. The molecule has 2 amide bonds. The van der Waals surface area contributed by atoms with Crippen molar-refractivity contribution in [2.75, 3.05) is 20.2 Å². The summed E-state index contributed by atoms with van der Waals surface area (Å²) in [7, 11) is 1.57. The molecule has 0 saturated carbocycles. The largest absolute Gasteiger partial charge is 0.497 e. The first-order chi connectivity index (χ1) is 12.5. The van der Waals surface area contributed by atoms with Crippen LogP contribution in [-0.2, 0) is 22.7 Å². The quantitative estimate of drug-likeness (QED) is 0.871. The number of amides is 2. The van der Waals surface area contributed by atoms with Crippen LogP contribution in [0.25, 0.3) is 0 Å². The molecule has 150 valence electrons. The van der Waals surface area contributed by atoms with E-state index in [2.05, 4.69) is 0 Å². The van der Waals surface area contributed by atoms with E-state index in [0.29, 0.717) is 18.8 Å². The Hall–Kier alpha value is -2.28. The molecule has 0 spiro atoms. The zero-order valence-corrected chi connectivity index (χ0v) is 17.0. The lowest BCUT2D eigenvalue weighted by molar-refractivity contribution is -0.142. The SMILES string of the molecule is COc1ccc(CN2CC(C)(C)N(C(=O)OC(C)(C)C)CC2=O)c(CO)c1. The third-order valence-corrected chi connectivity index (χ3v) is 4.51. The Bertz CT molecular complexity index is 709. The summed E-state index contributed by atoms with van der Waals surface area (Å²) in [6.07, 6.45) is -0.485. The van der Waals surface area contributed by atoms with Crippen LogP contribution in [-0.4, -0.2) is 58.2 Å². The average molecular weight is 378 g/mol. The summed E-state index contributed by atoms with van der Waals surface area (Å²) in [5.74, 6) is 0.504. The van der Waals surface area contributed by atoms with Gasteiger partial charge in [-0.3, -0.25) is 9.69 Å². The van der Waals surface area contributed by atoms with Gasteiger partial charge in [0.1, 0.15) is 17.9 Å². The third-order valence-electron chi connectivity index (χ3n) is 4.51. The molecule has 1 saturated heterocycles. The van der Waals surface area contributed by atoms with E-state index in [0.717, 1.165) is 11.1 Å². The standard InChI is InChI=1S/C20H30N2O5/c1-19(2,3)27-18(25)22-11-17(24)21(13-20(22,4)5)10-14-7-8-16(26-6)9-15(14)12-23/h7-9,23H,10-13H2,1-6H3. The topological polar surface area (TPSA) is 79.3 Å². The molecule has 27 heavy (non-hydrogen) atoms. The monoisotopic (exact) mass is 378 g/mol. The van der Waals surface area contributed by atoms with E-state index in [1.165, 1.54) is 4.90 Å². The molecule has 1 heterocycles. The molecule has 1 aromatic rings. The molecule has 0 radical (unpaired) electrons. The molecule has 1 N–H and O–H groups in total. The molecule has 7 nitrogen and oxygen atoms in total. The molecule has 0 bridgehead atoms. The molecule has 1 aliphatic rings. The Morgan fingerprint density at radius 2 is 1.93 bits per heavy atom. The second-order valence-electron chi connectivity index (χ2n) is 8.42. The molecule has 0 aliphatic carbocycles. The Kier molecular flexibility index (Phi) is 6.04. The van der Waals surface area contributed by atoms with E-state index in [1.807, 2.05) is 19.9 Å². The van der Waals surface area contributed by atoms with Crippen LogP contribution in [0.3, 0.4) is 0 Å². The molecular weight excluding hydrogens is 348 g/mol. The highest BCUT2D eigenvalue weighted by atomic mass is 16.6. The van der Waals surface area contributed by atoms with Crippen molar-refractivity contribution in [3.63, 3.8) is 0 Å². The molecule has 0 aromatic heterocycles. The predicted molar refractivity (Wildman–Crippen MR) is 101 cm³/mol. The minimum Gasteiger partial charge on any atom is -0.497 e. The minimum absolute atomic E-state index is 0.0352. The first kappa shape index (κ1) is 21.0. The summed E-state index contributed by atoms with van der Waals surface area (Å²) in [6, 6.07) is 5.42. The van der Waals surface area contributed by atoms with Gasteiger partial charge >= 0.3 is 6.09 Å². The van der Waals surface area contributed by atoms with Gasteiger partial charge in [0, 0.05) is 13.1 Å². The van der Waals surface area contributed by atoms with Crippen molar-refractivity contribution < 1.29 is 24.2 Å². The van der Waals surface area contributed by atoms with Gasteiger partial charge in [0.05, 0.1) is 19.3 Å². The van der Waals surface area contributed by atoms with Crippen molar-refractivity contribution in [3.05, 3.63) is 29.3 Å². The molecule has 1 fully saturated rings. The number of ether oxygens (including phenoxy) is 2. The van der Waals surface area contributed by atoms with Crippen LogP contribution in [0.2, 0.25) is 0 Å². The van der Waals surface area contributed by atoms with Gasteiger partial charge in [-0.1, -0.05) is 6.07 Å². The number of carbonyl (C=O) groups is 2. The second kappa shape index (κ2) is 7.76. The number of methoxy groups -OCH3 is 1. The minimum atomic E-state index is -0.619. The maximum absolute atomic E-state index is 12.7. The van der Waals surface area contributed by atoms with Crippen LogP contribution in [0.1, 0.15) is 45.7 Å². The Labute approximate surface area is 160 Å². The molecule has 2 rings (SSSR count). The van der Waals surface area contributed by atoms with Crippen molar-refractivity contribution in [3.8, 4) is 5.75 Å². The van der Waals surface area contributed by atoms with E-state index in [1.54, 1.807) is 44.9 Å². The number of rotatable bonds is 4. The Morgan fingerprint density at radius 1 is 1.26 bits per heavy atom. The van der Waals surface area contributed by atoms with Crippen LogP contribution in [0, 0.1) is 0 Å². The van der Waals surface area contributed by atoms with Crippen LogP contribution in [0.15, 0.2) is 18.2 Å². The molecule has 0 unspecified atom stereocenters. The molecular formula is C20H30N2O5. The third kappa shape index (κ3) is 5.13. The summed E-state index contributed by atoms with van der Waals surface area (Å²) in [6.45, 7) is 9.80. The van der Waals surface area contributed by atoms with Crippen LogP contribution in [0.4, 0.5) is 4.79 Å². The van der Waals surface area contributed by atoms with Crippen LogP contribution in [0.5, 0.6) is 5.75 Å². The van der Waals surface area contributed by atoms with Crippen molar-refractivity contribution >= 4 is 12.0 Å². The summed E-state index contributed by atoms with van der Waals surface area (Å²) in [5.41, 5.74) is 0.386. The average Bonchev–Trinajstić information content (AvgIpc) is 2.56. The smallest absolute Gasteiger partial charge is 0.411 e. The van der Waals surface area contributed by atoms with Gasteiger partial charge in [0.25, 0.3) is 0 Å².